The van der Waals surface area contributed by atoms with Gasteiger partial charge in [-0.15, -0.1) is 0 Å². The van der Waals surface area contributed by atoms with E-state index >= 15 is 0 Å². The summed E-state index contributed by atoms with van der Waals surface area (Å²) in [5.74, 6) is -0.0694. The number of amides is 1. The molecule has 1 saturated heterocycles. The lowest BCUT2D eigenvalue weighted by molar-refractivity contribution is 0.0643. The Labute approximate surface area is 116 Å². The third kappa shape index (κ3) is 2.94. The monoisotopic (exact) mass is 287 g/mol. The van der Waals surface area contributed by atoms with E-state index in [1.165, 1.54) is 12.3 Å². The van der Waals surface area contributed by atoms with E-state index in [0.717, 1.165) is 32.7 Å². The minimum absolute atomic E-state index is 0.0694. The van der Waals surface area contributed by atoms with E-state index < -0.39 is 0 Å². The van der Waals surface area contributed by atoms with Gasteiger partial charge >= 0.3 is 0 Å². The summed E-state index contributed by atoms with van der Waals surface area (Å²) in [7, 11) is 0. The van der Waals surface area contributed by atoms with Crippen LogP contribution < -0.4 is 0 Å². The number of halogens is 2. The van der Waals surface area contributed by atoms with E-state index in [0.29, 0.717) is 10.6 Å². The van der Waals surface area contributed by atoms with Crippen molar-refractivity contribution in [1.82, 2.24) is 14.8 Å². The van der Waals surface area contributed by atoms with Gasteiger partial charge in [-0.05, 0) is 12.6 Å². The van der Waals surface area contributed by atoms with Crippen LogP contribution in [0.2, 0.25) is 10.2 Å². The zero-order valence-corrected chi connectivity index (χ0v) is 11.7. The minimum atomic E-state index is -0.0694. The molecular formula is C12H15Cl2N3O. The molecule has 0 spiro atoms. The smallest absolute Gasteiger partial charge is 0.255 e. The van der Waals surface area contributed by atoms with Crippen LogP contribution >= 0.6 is 23.2 Å². The summed E-state index contributed by atoms with van der Waals surface area (Å²) in [5.41, 5.74) is 0.432. The van der Waals surface area contributed by atoms with Gasteiger partial charge in [0, 0.05) is 32.4 Å². The van der Waals surface area contributed by atoms with Crippen molar-refractivity contribution in [2.75, 3.05) is 32.7 Å². The van der Waals surface area contributed by atoms with Crippen LogP contribution in [0.5, 0.6) is 0 Å². The topological polar surface area (TPSA) is 36.4 Å². The van der Waals surface area contributed by atoms with E-state index in [2.05, 4.69) is 16.8 Å². The first-order valence-corrected chi connectivity index (χ1v) is 6.70. The Bertz CT molecular complexity index is 445. The molecule has 6 heteroatoms. The Morgan fingerprint density at radius 3 is 2.61 bits per heavy atom. The molecule has 1 aliphatic heterocycles. The lowest BCUT2D eigenvalue weighted by atomic mass is 10.2. The Balaban J connectivity index is 2.10. The van der Waals surface area contributed by atoms with E-state index in [1.54, 1.807) is 0 Å². The molecule has 0 N–H and O–H groups in total. The Hall–Kier alpha value is -0.840. The highest BCUT2D eigenvalue weighted by Gasteiger charge is 2.23. The SMILES string of the molecule is CCN1CCN(C(=O)c2cc(Cl)ncc2Cl)CC1. The van der Waals surface area contributed by atoms with E-state index in [4.69, 9.17) is 23.2 Å². The molecule has 1 amide bonds. The summed E-state index contributed by atoms with van der Waals surface area (Å²) >= 11 is 11.8. The first-order valence-electron chi connectivity index (χ1n) is 5.94. The molecule has 1 fully saturated rings. The van der Waals surface area contributed by atoms with Crippen LogP contribution in [0.15, 0.2) is 12.3 Å². The van der Waals surface area contributed by atoms with Crippen molar-refractivity contribution in [1.29, 1.82) is 0 Å². The molecule has 1 aromatic rings. The highest BCUT2D eigenvalue weighted by molar-refractivity contribution is 6.35. The molecule has 0 saturated carbocycles. The molecular weight excluding hydrogens is 273 g/mol. The van der Waals surface area contributed by atoms with Crippen LogP contribution in [0.1, 0.15) is 17.3 Å². The summed E-state index contributed by atoms with van der Waals surface area (Å²) in [5, 5.41) is 0.636. The number of hydrogen-bond acceptors (Lipinski definition) is 3. The second kappa shape index (κ2) is 5.87. The molecule has 0 radical (unpaired) electrons. The highest BCUT2D eigenvalue weighted by Crippen LogP contribution is 2.20. The van der Waals surface area contributed by atoms with E-state index in [1.807, 2.05) is 4.90 Å². The molecule has 98 valence electrons. The van der Waals surface area contributed by atoms with Crippen LogP contribution in [0.3, 0.4) is 0 Å². The summed E-state index contributed by atoms with van der Waals surface area (Å²) in [6.07, 6.45) is 1.42. The standard InChI is InChI=1S/C12H15Cl2N3O/c1-2-16-3-5-17(6-4-16)12(18)9-7-11(14)15-8-10(9)13/h7-8H,2-6H2,1H3. The zero-order chi connectivity index (χ0) is 13.1. The van der Waals surface area contributed by atoms with Crippen molar-refractivity contribution in [3.63, 3.8) is 0 Å². The van der Waals surface area contributed by atoms with Crippen molar-refractivity contribution in [2.45, 2.75) is 6.92 Å². The molecule has 0 atom stereocenters. The number of likely N-dealkylation sites (N-methyl/N-ethyl adjacent to an activating group) is 1. The van der Waals surface area contributed by atoms with Crippen LogP contribution in [0, 0.1) is 0 Å². The van der Waals surface area contributed by atoms with Crippen LogP contribution in [-0.4, -0.2) is 53.4 Å². The molecule has 0 aliphatic carbocycles. The molecule has 18 heavy (non-hydrogen) atoms. The van der Waals surface area contributed by atoms with Crippen molar-refractivity contribution >= 4 is 29.1 Å². The summed E-state index contributed by atoms with van der Waals surface area (Å²) in [6.45, 7) is 6.39. The number of rotatable bonds is 2. The molecule has 2 heterocycles. The number of carbonyl (C=O) groups is 1. The van der Waals surface area contributed by atoms with Gasteiger partial charge in [-0.1, -0.05) is 30.1 Å². The first kappa shape index (κ1) is 13.6. The number of aromatic nitrogens is 1. The Morgan fingerprint density at radius 2 is 2.00 bits per heavy atom. The number of piperazine rings is 1. The van der Waals surface area contributed by atoms with Crippen LogP contribution in [0.4, 0.5) is 0 Å². The summed E-state index contributed by atoms with van der Waals surface area (Å²) < 4.78 is 0. The van der Waals surface area contributed by atoms with Gasteiger partial charge in [0.15, 0.2) is 0 Å². The highest BCUT2D eigenvalue weighted by atomic mass is 35.5. The maximum Gasteiger partial charge on any atom is 0.255 e. The van der Waals surface area contributed by atoms with Gasteiger partial charge in [-0.25, -0.2) is 4.98 Å². The predicted octanol–water partition coefficient (Wildman–Crippen LogP) is 2.17. The van der Waals surface area contributed by atoms with E-state index in [-0.39, 0.29) is 11.1 Å². The van der Waals surface area contributed by atoms with Crippen molar-refractivity contribution in [3.8, 4) is 0 Å². The quantitative estimate of drug-likeness (QED) is 0.783. The Kier molecular flexibility index (Phi) is 4.43. The maximum absolute atomic E-state index is 12.3. The van der Waals surface area contributed by atoms with Crippen LogP contribution in [-0.2, 0) is 0 Å². The van der Waals surface area contributed by atoms with E-state index in [9.17, 15) is 4.79 Å². The molecule has 0 unspecified atom stereocenters. The fourth-order valence-corrected chi connectivity index (χ4v) is 2.36. The fraction of sp³-hybridized carbons (Fsp3) is 0.500. The summed E-state index contributed by atoms with van der Waals surface area (Å²) in [6, 6.07) is 1.53. The summed E-state index contributed by atoms with van der Waals surface area (Å²) in [4.78, 5) is 20.3. The largest absolute Gasteiger partial charge is 0.336 e. The number of carbonyl (C=O) groups excluding carboxylic acids is 1. The second-order valence-corrected chi connectivity index (χ2v) is 5.01. The first-order chi connectivity index (χ1) is 8.61. The second-order valence-electron chi connectivity index (χ2n) is 4.21. The third-order valence-electron chi connectivity index (χ3n) is 3.16. The van der Waals surface area contributed by atoms with Crippen molar-refractivity contribution in [3.05, 3.63) is 28.0 Å². The Morgan fingerprint density at radius 1 is 1.33 bits per heavy atom. The van der Waals surface area contributed by atoms with Crippen LogP contribution in [0.25, 0.3) is 0 Å². The normalized spacial score (nSPS) is 16.9. The third-order valence-corrected chi connectivity index (χ3v) is 3.67. The van der Waals surface area contributed by atoms with Gasteiger partial charge in [0.2, 0.25) is 0 Å². The molecule has 0 aromatic carbocycles. The average molecular weight is 288 g/mol. The molecule has 1 aliphatic rings. The molecule has 0 bridgehead atoms. The van der Waals surface area contributed by atoms with Gasteiger partial charge in [0.1, 0.15) is 5.15 Å². The minimum Gasteiger partial charge on any atom is -0.336 e. The molecule has 1 aromatic heterocycles. The zero-order valence-electron chi connectivity index (χ0n) is 10.2. The lowest BCUT2D eigenvalue weighted by Crippen LogP contribution is -2.48. The van der Waals surface area contributed by atoms with Gasteiger partial charge in [0.05, 0.1) is 10.6 Å². The average Bonchev–Trinajstić information content (AvgIpc) is 2.41. The predicted molar refractivity (Wildman–Crippen MR) is 72.3 cm³/mol. The molecule has 4 nitrogen and oxygen atoms in total. The van der Waals surface area contributed by atoms with Gasteiger partial charge < -0.3 is 9.80 Å². The van der Waals surface area contributed by atoms with Gasteiger partial charge in [0.25, 0.3) is 5.91 Å². The van der Waals surface area contributed by atoms with Crippen molar-refractivity contribution < 1.29 is 4.79 Å². The fourth-order valence-electron chi connectivity index (χ4n) is 2.01. The molecule has 2 rings (SSSR count). The number of nitrogens with zero attached hydrogens (tertiary/aromatic N) is 3. The van der Waals surface area contributed by atoms with Crippen molar-refractivity contribution in [2.24, 2.45) is 0 Å². The maximum atomic E-state index is 12.3. The number of hydrogen-bond donors (Lipinski definition) is 0. The van der Waals surface area contributed by atoms with Gasteiger partial charge in [-0.2, -0.15) is 0 Å². The number of pyridine rings is 1. The lowest BCUT2D eigenvalue weighted by Gasteiger charge is -2.34. The van der Waals surface area contributed by atoms with Gasteiger partial charge in [-0.3, -0.25) is 4.79 Å².